The molecule has 0 aromatic rings. The van der Waals surface area contributed by atoms with E-state index in [1.807, 2.05) is 7.11 Å². The lowest BCUT2D eigenvalue weighted by Crippen LogP contribution is -2.27. The van der Waals surface area contributed by atoms with Crippen molar-refractivity contribution in [2.24, 2.45) is 11.3 Å². The largest absolute Gasteiger partial charge is 0.384 e. The molecule has 0 bridgehead atoms. The molecule has 0 saturated carbocycles. The van der Waals surface area contributed by atoms with Crippen molar-refractivity contribution in [2.45, 2.75) is 66.2 Å². The van der Waals surface area contributed by atoms with Crippen molar-refractivity contribution >= 4 is 0 Å². The lowest BCUT2D eigenvalue weighted by atomic mass is 9.96. The van der Waals surface area contributed by atoms with Gasteiger partial charge in [-0.15, -0.1) is 0 Å². The zero-order valence-corrected chi connectivity index (χ0v) is 13.3. The van der Waals surface area contributed by atoms with Crippen LogP contribution in [0.25, 0.3) is 0 Å². The van der Waals surface area contributed by atoms with Crippen molar-refractivity contribution in [3.05, 3.63) is 0 Å². The lowest BCUT2D eigenvalue weighted by molar-refractivity contribution is 0.141. The van der Waals surface area contributed by atoms with Gasteiger partial charge in [0.15, 0.2) is 0 Å². The van der Waals surface area contributed by atoms with Gasteiger partial charge in [-0.1, -0.05) is 47.0 Å². The van der Waals surface area contributed by atoms with Gasteiger partial charge < -0.3 is 10.1 Å². The fourth-order valence-corrected chi connectivity index (χ4v) is 2.28. The maximum absolute atomic E-state index is 5.28. The van der Waals surface area contributed by atoms with E-state index in [0.29, 0.717) is 5.41 Å². The Morgan fingerprint density at radius 2 is 1.78 bits per heavy atom. The molecule has 0 saturated heterocycles. The summed E-state index contributed by atoms with van der Waals surface area (Å²) in [5.74, 6) is 0.780. The van der Waals surface area contributed by atoms with Gasteiger partial charge in [0.25, 0.3) is 0 Å². The predicted octanol–water partition coefficient (Wildman–Crippen LogP) is 4.25. The molecule has 1 atom stereocenters. The van der Waals surface area contributed by atoms with Crippen molar-refractivity contribution in [2.75, 3.05) is 26.8 Å². The molecule has 2 nitrogen and oxygen atoms in total. The normalized spacial score (nSPS) is 13.8. The Labute approximate surface area is 115 Å². The summed E-state index contributed by atoms with van der Waals surface area (Å²) in [6.45, 7) is 12.3. The minimum Gasteiger partial charge on any atom is -0.384 e. The van der Waals surface area contributed by atoms with E-state index in [1.54, 1.807) is 0 Å². The molecular formula is C16H35NO. The lowest BCUT2D eigenvalue weighted by Gasteiger charge is -2.19. The number of methoxy groups -OCH3 is 1. The van der Waals surface area contributed by atoms with Crippen LogP contribution in [0.3, 0.4) is 0 Å². The van der Waals surface area contributed by atoms with Gasteiger partial charge in [-0.2, -0.15) is 0 Å². The summed E-state index contributed by atoms with van der Waals surface area (Å²) >= 11 is 0. The summed E-state index contributed by atoms with van der Waals surface area (Å²) in [6.07, 6.45) is 7.94. The molecule has 0 aromatic heterocycles. The third kappa shape index (κ3) is 12.4. The summed E-state index contributed by atoms with van der Waals surface area (Å²) in [5, 5.41) is 3.54. The summed E-state index contributed by atoms with van der Waals surface area (Å²) in [7, 11) is 1.82. The smallest absolute Gasteiger partial charge is 0.0490 e. The van der Waals surface area contributed by atoms with Gasteiger partial charge in [-0.25, -0.2) is 0 Å². The SMILES string of the molecule is CCC[C@@H](CCCCCNCC(C)(C)C)COC. The monoisotopic (exact) mass is 257 g/mol. The highest BCUT2D eigenvalue weighted by molar-refractivity contribution is 4.65. The van der Waals surface area contributed by atoms with Crippen molar-refractivity contribution < 1.29 is 4.74 Å². The highest BCUT2D eigenvalue weighted by Crippen LogP contribution is 2.16. The Balaban J connectivity index is 3.37. The quantitative estimate of drug-likeness (QED) is 0.559. The van der Waals surface area contributed by atoms with E-state index in [4.69, 9.17) is 4.74 Å². The zero-order chi connectivity index (χ0) is 13.9. The van der Waals surface area contributed by atoms with Gasteiger partial charge in [0, 0.05) is 13.7 Å². The van der Waals surface area contributed by atoms with E-state index < -0.39 is 0 Å². The molecule has 0 aromatic carbocycles. The molecule has 0 radical (unpaired) electrons. The van der Waals surface area contributed by atoms with Crippen molar-refractivity contribution in [3.8, 4) is 0 Å². The average Bonchev–Trinajstić information content (AvgIpc) is 2.26. The number of hydrogen-bond acceptors (Lipinski definition) is 2. The van der Waals surface area contributed by atoms with Crippen LogP contribution >= 0.6 is 0 Å². The second-order valence-corrected chi connectivity index (χ2v) is 6.70. The summed E-state index contributed by atoms with van der Waals surface area (Å²) in [5.41, 5.74) is 0.407. The second kappa shape index (κ2) is 10.8. The van der Waals surface area contributed by atoms with Crippen LogP contribution < -0.4 is 5.32 Å². The van der Waals surface area contributed by atoms with Crippen LogP contribution in [-0.4, -0.2) is 26.8 Å². The van der Waals surface area contributed by atoms with Crippen LogP contribution in [0.5, 0.6) is 0 Å². The first-order valence-corrected chi connectivity index (χ1v) is 7.69. The molecule has 0 amide bonds. The minimum atomic E-state index is 0.407. The Hall–Kier alpha value is -0.0800. The van der Waals surface area contributed by atoms with Crippen molar-refractivity contribution in [1.82, 2.24) is 5.32 Å². The van der Waals surface area contributed by atoms with Gasteiger partial charge in [-0.05, 0) is 43.7 Å². The van der Waals surface area contributed by atoms with E-state index in [0.717, 1.165) is 19.1 Å². The highest BCUT2D eigenvalue weighted by atomic mass is 16.5. The third-order valence-electron chi connectivity index (χ3n) is 3.22. The molecule has 0 heterocycles. The number of hydrogen-bond donors (Lipinski definition) is 1. The Kier molecular flexibility index (Phi) is 10.8. The molecule has 0 unspecified atom stereocenters. The number of ether oxygens (including phenoxy) is 1. The predicted molar refractivity (Wildman–Crippen MR) is 81.1 cm³/mol. The molecule has 18 heavy (non-hydrogen) atoms. The standard InChI is InChI=1S/C16H35NO/c1-6-10-15(13-18-5)11-8-7-9-12-17-14-16(2,3)4/h15,17H,6-14H2,1-5H3/t15-/m0/s1. The van der Waals surface area contributed by atoms with Gasteiger partial charge in [0.2, 0.25) is 0 Å². The van der Waals surface area contributed by atoms with Gasteiger partial charge >= 0.3 is 0 Å². The minimum absolute atomic E-state index is 0.407. The van der Waals surface area contributed by atoms with Gasteiger partial charge in [-0.3, -0.25) is 0 Å². The Morgan fingerprint density at radius 3 is 2.33 bits per heavy atom. The molecule has 0 aliphatic heterocycles. The molecule has 0 rings (SSSR count). The van der Waals surface area contributed by atoms with Crippen LogP contribution in [0.1, 0.15) is 66.2 Å². The van der Waals surface area contributed by atoms with Crippen molar-refractivity contribution in [1.29, 1.82) is 0 Å². The summed E-state index contributed by atoms with van der Waals surface area (Å²) < 4.78 is 5.28. The van der Waals surface area contributed by atoms with Crippen molar-refractivity contribution in [3.63, 3.8) is 0 Å². The van der Waals surface area contributed by atoms with Gasteiger partial charge in [0.1, 0.15) is 0 Å². The molecule has 0 aliphatic rings. The molecule has 0 fully saturated rings. The maximum Gasteiger partial charge on any atom is 0.0490 e. The number of rotatable bonds is 11. The fraction of sp³-hybridized carbons (Fsp3) is 1.00. The van der Waals surface area contributed by atoms with Crippen LogP contribution in [0.4, 0.5) is 0 Å². The molecule has 1 N–H and O–H groups in total. The van der Waals surface area contributed by atoms with Crippen LogP contribution in [0.2, 0.25) is 0 Å². The average molecular weight is 257 g/mol. The molecule has 2 heteroatoms. The highest BCUT2D eigenvalue weighted by Gasteiger charge is 2.09. The van der Waals surface area contributed by atoms with Crippen LogP contribution in [0.15, 0.2) is 0 Å². The Bertz CT molecular complexity index is 168. The second-order valence-electron chi connectivity index (χ2n) is 6.70. The molecule has 110 valence electrons. The zero-order valence-electron chi connectivity index (χ0n) is 13.3. The van der Waals surface area contributed by atoms with E-state index in [1.165, 1.54) is 45.1 Å². The van der Waals surface area contributed by atoms with E-state index in [2.05, 4.69) is 33.0 Å². The first-order valence-electron chi connectivity index (χ1n) is 7.69. The molecular weight excluding hydrogens is 222 g/mol. The first kappa shape index (κ1) is 17.9. The first-order chi connectivity index (χ1) is 8.49. The third-order valence-corrected chi connectivity index (χ3v) is 3.22. The number of nitrogens with one attached hydrogen (secondary N) is 1. The molecule has 0 aliphatic carbocycles. The number of unbranched alkanes of at least 4 members (excludes halogenated alkanes) is 2. The Morgan fingerprint density at radius 1 is 1.06 bits per heavy atom. The van der Waals surface area contributed by atoms with Crippen LogP contribution in [-0.2, 0) is 4.74 Å². The maximum atomic E-state index is 5.28. The molecule has 0 spiro atoms. The summed E-state index contributed by atoms with van der Waals surface area (Å²) in [4.78, 5) is 0. The van der Waals surface area contributed by atoms with Crippen LogP contribution in [0, 0.1) is 11.3 Å². The van der Waals surface area contributed by atoms with E-state index >= 15 is 0 Å². The summed E-state index contributed by atoms with van der Waals surface area (Å²) in [6, 6.07) is 0. The van der Waals surface area contributed by atoms with E-state index in [9.17, 15) is 0 Å². The topological polar surface area (TPSA) is 21.3 Å². The fourth-order valence-electron chi connectivity index (χ4n) is 2.28. The van der Waals surface area contributed by atoms with E-state index in [-0.39, 0.29) is 0 Å². The van der Waals surface area contributed by atoms with Gasteiger partial charge in [0.05, 0.1) is 0 Å².